The lowest BCUT2D eigenvalue weighted by molar-refractivity contribution is 0.863. The molecule has 1 aromatic carbocycles. The molecule has 1 N–H and O–H groups in total. The summed E-state index contributed by atoms with van der Waals surface area (Å²) >= 11 is 3.49. The second-order valence-electron chi connectivity index (χ2n) is 4.36. The number of hydrogen-bond donors (Lipinski definition) is 1. The number of aromatic nitrogens is 2. The van der Waals surface area contributed by atoms with E-state index in [1.807, 2.05) is 32.0 Å². The van der Waals surface area contributed by atoms with E-state index in [2.05, 4.69) is 50.3 Å². The molecular formula is C14H16BrN3. The van der Waals surface area contributed by atoms with Crippen molar-refractivity contribution in [3.8, 4) is 0 Å². The van der Waals surface area contributed by atoms with Crippen molar-refractivity contribution in [2.45, 2.75) is 26.8 Å². The lowest BCUT2D eigenvalue weighted by Gasteiger charge is -2.15. The average Bonchev–Trinajstić information content (AvgIpc) is 2.27. The molecule has 0 aliphatic rings. The van der Waals surface area contributed by atoms with Gasteiger partial charge in [0.2, 0.25) is 0 Å². The van der Waals surface area contributed by atoms with E-state index in [4.69, 9.17) is 0 Å². The Morgan fingerprint density at radius 2 is 1.94 bits per heavy atom. The SMILES string of the molecule is Cc1cc(NC(C)c2cccc(Br)c2)nc(C)n1. The Kier molecular flexibility index (Phi) is 3.97. The molecule has 0 bridgehead atoms. The monoisotopic (exact) mass is 305 g/mol. The maximum absolute atomic E-state index is 4.39. The quantitative estimate of drug-likeness (QED) is 0.930. The summed E-state index contributed by atoms with van der Waals surface area (Å²) in [6, 6.07) is 10.4. The van der Waals surface area contributed by atoms with Crippen LogP contribution in [-0.2, 0) is 0 Å². The maximum atomic E-state index is 4.39. The topological polar surface area (TPSA) is 37.8 Å². The molecule has 1 heterocycles. The molecule has 4 heteroatoms. The van der Waals surface area contributed by atoms with Crippen molar-refractivity contribution < 1.29 is 0 Å². The number of hydrogen-bond acceptors (Lipinski definition) is 3. The van der Waals surface area contributed by atoms with Crippen LogP contribution in [0, 0.1) is 13.8 Å². The average molecular weight is 306 g/mol. The standard InChI is InChI=1S/C14H16BrN3/c1-9-7-14(18-11(3)16-9)17-10(2)12-5-4-6-13(15)8-12/h4-8,10H,1-3H3,(H,16,17,18). The number of rotatable bonds is 3. The van der Waals surface area contributed by atoms with Crippen LogP contribution in [0.3, 0.4) is 0 Å². The third-order valence-electron chi connectivity index (χ3n) is 2.68. The molecule has 94 valence electrons. The molecule has 0 amide bonds. The molecule has 0 saturated carbocycles. The zero-order valence-electron chi connectivity index (χ0n) is 10.7. The van der Waals surface area contributed by atoms with Crippen LogP contribution < -0.4 is 5.32 Å². The summed E-state index contributed by atoms with van der Waals surface area (Å²) in [7, 11) is 0. The Morgan fingerprint density at radius 3 is 2.61 bits per heavy atom. The fourth-order valence-corrected chi connectivity index (χ4v) is 2.29. The fourth-order valence-electron chi connectivity index (χ4n) is 1.87. The summed E-state index contributed by atoms with van der Waals surface area (Å²) in [6.07, 6.45) is 0. The molecular weight excluding hydrogens is 290 g/mol. The number of halogens is 1. The minimum atomic E-state index is 0.205. The first kappa shape index (κ1) is 13.0. The van der Waals surface area contributed by atoms with Gasteiger partial charge < -0.3 is 5.32 Å². The maximum Gasteiger partial charge on any atom is 0.130 e. The first-order valence-corrected chi connectivity index (χ1v) is 6.68. The first-order valence-electron chi connectivity index (χ1n) is 5.89. The smallest absolute Gasteiger partial charge is 0.130 e. The lowest BCUT2D eigenvalue weighted by Crippen LogP contribution is -2.09. The van der Waals surface area contributed by atoms with Crippen LogP contribution in [0.2, 0.25) is 0 Å². The van der Waals surface area contributed by atoms with E-state index in [1.54, 1.807) is 0 Å². The molecule has 1 atom stereocenters. The van der Waals surface area contributed by atoms with E-state index < -0.39 is 0 Å². The zero-order chi connectivity index (χ0) is 13.1. The second kappa shape index (κ2) is 5.48. The van der Waals surface area contributed by atoms with Crippen molar-refractivity contribution in [3.63, 3.8) is 0 Å². The van der Waals surface area contributed by atoms with Crippen molar-refractivity contribution in [2.75, 3.05) is 5.32 Å². The van der Waals surface area contributed by atoms with Gasteiger partial charge in [-0.15, -0.1) is 0 Å². The number of nitrogens with one attached hydrogen (secondary N) is 1. The van der Waals surface area contributed by atoms with Gasteiger partial charge in [0, 0.05) is 22.3 Å². The minimum Gasteiger partial charge on any atom is -0.363 e. The van der Waals surface area contributed by atoms with E-state index in [9.17, 15) is 0 Å². The molecule has 0 radical (unpaired) electrons. The van der Waals surface area contributed by atoms with E-state index >= 15 is 0 Å². The van der Waals surface area contributed by atoms with Crippen molar-refractivity contribution in [3.05, 3.63) is 51.9 Å². The predicted molar refractivity (Wildman–Crippen MR) is 77.7 cm³/mol. The summed E-state index contributed by atoms with van der Waals surface area (Å²) < 4.78 is 1.09. The largest absolute Gasteiger partial charge is 0.363 e. The number of aryl methyl sites for hydroxylation is 2. The van der Waals surface area contributed by atoms with Crippen LogP contribution in [0.25, 0.3) is 0 Å². The third kappa shape index (κ3) is 3.29. The van der Waals surface area contributed by atoms with Crippen LogP contribution in [0.1, 0.15) is 30.0 Å². The van der Waals surface area contributed by atoms with Crippen LogP contribution >= 0.6 is 15.9 Å². The first-order chi connectivity index (χ1) is 8.54. The van der Waals surface area contributed by atoms with Gasteiger partial charge in [-0.25, -0.2) is 9.97 Å². The highest BCUT2D eigenvalue weighted by molar-refractivity contribution is 9.10. The van der Waals surface area contributed by atoms with Gasteiger partial charge in [0.1, 0.15) is 11.6 Å². The van der Waals surface area contributed by atoms with Gasteiger partial charge in [-0.1, -0.05) is 28.1 Å². The number of anilines is 1. The Hall–Kier alpha value is -1.42. The van der Waals surface area contributed by atoms with Gasteiger partial charge in [-0.3, -0.25) is 0 Å². The van der Waals surface area contributed by atoms with E-state index in [1.165, 1.54) is 5.56 Å². The summed E-state index contributed by atoms with van der Waals surface area (Å²) in [6.45, 7) is 6.00. The molecule has 0 spiro atoms. The molecule has 0 fully saturated rings. The van der Waals surface area contributed by atoms with Crippen LogP contribution in [-0.4, -0.2) is 9.97 Å². The zero-order valence-corrected chi connectivity index (χ0v) is 12.3. The van der Waals surface area contributed by atoms with E-state index in [0.29, 0.717) is 0 Å². The molecule has 3 nitrogen and oxygen atoms in total. The highest BCUT2D eigenvalue weighted by Crippen LogP contribution is 2.21. The van der Waals surface area contributed by atoms with E-state index in [-0.39, 0.29) is 6.04 Å². The van der Waals surface area contributed by atoms with Crippen molar-refractivity contribution in [1.82, 2.24) is 9.97 Å². The Balaban J connectivity index is 2.18. The normalized spacial score (nSPS) is 12.2. The number of benzene rings is 1. The molecule has 2 aromatic rings. The van der Waals surface area contributed by atoms with Gasteiger partial charge >= 0.3 is 0 Å². The molecule has 0 saturated heterocycles. The molecule has 1 unspecified atom stereocenters. The number of nitrogens with zero attached hydrogens (tertiary/aromatic N) is 2. The highest BCUT2D eigenvalue weighted by atomic mass is 79.9. The molecule has 18 heavy (non-hydrogen) atoms. The Labute approximate surface area is 116 Å². The Bertz CT molecular complexity index is 534. The van der Waals surface area contributed by atoms with Gasteiger partial charge in [0.05, 0.1) is 0 Å². The van der Waals surface area contributed by atoms with Crippen molar-refractivity contribution in [2.24, 2.45) is 0 Å². The Morgan fingerprint density at radius 1 is 1.17 bits per heavy atom. The van der Waals surface area contributed by atoms with Gasteiger partial charge in [0.25, 0.3) is 0 Å². The van der Waals surface area contributed by atoms with Gasteiger partial charge in [0.15, 0.2) is 0 Å². The summed E-state index contributed by atoms with van der Waals surface area (Å²) in [5.41, 5.74) is 2.20. The summed E-state index contributed by atoms with van der Waals surface area (Å²) in [5, 5.41) is 3.40. The predicted octanol–water partition coefficient (Wildman–Crippen LogP) is 4.03. The van der Waals surface area contributed by atoms with Crippen LogP contribution in [0.15, 0.2) is 34.8 Å². The minimum absolute atomic E-state index is 0.205. The van der Waals surface area contributed by atoms with Crippen molar-refractivity contribution >= 4 is 21.7 Å². The summed E-state index contributed by atoms with van der Waals surface area (Å²) in [5.74, 6) is 1.66. The van der Waals surface area contributed by atoms with Crippen LogP contribution in [0.5, 0.6) is 0 Å². The van der Waals surface area contributed by atoms with Crippen LogP contribution in [0.4, 0.5) is 5.82 Å². The molecule has 0 aliphatic heterocycles. The van der Waals surface area contributed by atoms with Gasteiger partial charge in [-0.05, 0) is 38.5 Å². The lowest BCUT2D eigenvalue weighted by atomic mass is 10.1. The second-order valence-corrected chi connectivity index (χ2v) is 5.28. The van der Waals surface area contributed by atoms with Gasteiger partial charge in [-0.2, -0.15) is 0 Å². The third-order valence-corrected chi connectivity index (χ3v) is 3.17. The molecule has 2 rings (SSSR count). The van der Waals surface area contributed by atoms with Crippen molar-refractivity contribution in [1.29, 1.82) is 0 Å². The highest BCUT2D eigenvalue weighted by Gasteiger charge is 2.07. The van der Waals surface area contributed by atoms with E-state index in [0.717, 1.165) is 21.8 Å². The fraction of sp³-hybridized carbons (Fsp3) is 0.286. The summed E-state index contributed by atoms with van der Waals surface area (Å²) in [4.78, 5) is 8.66. The molecule has 0 aliphatic carbocycles. The molecule has 1 aromatic heterocycles.